The van der Waals surface area contributed by atoms with Crippen LogP contribution >= 0.6 is 0 Å². The predicted octanol–water partition coefficient (Wildman–Crippen LogP) is -0.227. The van der Waals surface area contributed by atoms with Crippen molar-refractivity contribution in [3.05, 3.63) is 34.5 Å². The van der Waals surface area contributed by atoms with Crippen molar-refractivity contribution in [1.82, 2.24) is 0 Å². The van der Waals surface area contributed by atoms with Crippen molar-refractivity contribution in [1.29, 1.82) is 0 Å². The Balaban J connectivity index is 1.88. The van der Waals surface area contributed by atoms with Gasteiger partial charge in [-0.15, -0.1) is 0 Å². The summed E-state index contributed by atoms with van der Waals surface area (Å²) in [5.41, 5.74) is -0.773. The molecule has 13 heteroatoms. The van der Waals surface area contributed by atoms with Crippen LogP contribution in [-0.4, -0.2) is 87.3 Å². The Labute approximate surface area is 202 Å². The Morgan fingerprint density at radius 2 is 1.58 bits per heavy atom. The van der Waals surface area contributed by atoms with E-state index in [1.807, 2.05) is 0 Å². The lowest BCUT2D eigenvalue weighted by Gasteiger charge is -2.39. The van der Waals surface area contributed by atoms with E-state index in [0.717, 1.165) is 6.07 Å². The molecule has 0 amide bonds. The fourth-order valence-corrected chi connectivity index (χ4v) is 3.88. The van der Waals surface area contributed by atoms with Crippen molar-refractivity contribution in [2.45, 2.75) is 30.7 Å². The van der Waals surface area contributed by atoms with Gasteiger partial charge in [0.2, 0.25) is 23.5 Å². The summed E-state index contributed by atoms with van der Waals surface area (Å²) >= 11 is 0. The van der Waals surface area contributed by atoms with E-state index in [1.165, 1.54) is 32.4 Å². The van der Waals surface area contributed by atoms with Gasteiger partial charge in [0, 0.05) is 11.6 Å². The van der Waals surface area contributed by atoms with Crippen LogP contribution in [0.5, 0.6) is 34.5 Å². The number of fused-ring (bicyclic) bond motifs is 1. The Kier molecular flexibility index (Phi) is 6.84. The third kappa shape index (κ3) is 4.12. The number of benzene rings is 2. The molecule has 194 valence electrons. The van der Waals surface area contributed by atoms with Gasteiger partial charge in [0.05, 0.1) is 20.8 Å². The molecule has 0 radical (unpaired) electrons. The minimum atomic E-state index is -1.81. The highest BCUT2D eigenvalue weighted by Crippen LogP contribution is 2.51. The van der Waals surface area contributed by atoms with Crippen LogP contribution in [0.25, 0.3) is 22.3 Å². The molecule has 13 nitrogen and oxygen atoms in total. The van der Waals surface area contributed by atoms with E-state index in [0.29, 0.717) is 0 Å². The molecular formula is C23H24O13. The molecule has 0 saturated carbocycles. The molecule has 5 atom stereocenters. The monoisotopic (exact) mass is 508 g/mol. The fourth-order valence-electron chi connectivity index (χ4n) is 3.88. The maximum atomic E-state index is 13.0. The Bertz CT molecular complexity index is 1330. The maximum Gasteiger partial charge on any atom is 0.229 e. The summed E-state index contributed by atoms with van der Waals surface area (Å²) in [5.74, 6) is -2.60. The van der Waals surface area contributed by atoms with Gasteiger partial charge < -0.3 is 59.1 Å². The van der Waals surface area contributed by atoms with Gasteiger partial charge in [0.25, 0.3) is 0 Å². The minimum absolute atomic E-state index is 0.0369. The first kappa shape index (κ1) is 25.3. The second-order valence-electron chi connectivity index (χ2n) is 7.94. The Morgan fingerprint density at radius 3 is 2.19 bits per heavy atom. The van der Waals surface area contributed by atoms with E-state index < -0.39 is 60.0 Å². The quantitative estimate of drug-likeness (QED) is 0.215. The molecule has 1 fully saturated rings. The van der Waals surface area contributed by atoms with Crippen LogP contribution in [0, 0.1) is 0 Å². The summed E-state index contributed by atoms with van der Waals surface area (Å²) in [6.45, 7) is -0.714. The third-order valence-electron chi connectivity index (χ3n) is 5.77. The second kappa shape index (κ2) is 9.72. The van der Waals surface area contributed by atoms with Crippen LogP contribution in [0.1, 0.15) is 0 Å². The van der Waals surface area contributed by atoms with Crippen LogP contribution in [-0.2, 0) is 4.74 Å². The third-order valence-corrected chi connectivity index (χ3v) is 5.77. The number of phenols is 3. The van der Waals surface area contributed by atoms with Crippen molar-refractivity contribution in [2.75, 3.05) is 20.8 Å². The highest BCUT2D eigenvalue weighted by molar-refractivity contribution is 5.95. The number of rotatable bonds is 6. The number of aliphatic hydroxyl groups excluding tert-OH is 4. The maximum absolute atomic E-state index is 13.0. The van der Waals surface area contributed by atoms with E-state index in [9.17, 15) is 40.5 Å². The smallest absolute Gasteiger partial charge is 0.229 e. The highest BCUT2D eigenvalue weighted by Gasteiger charge is 2.45. The molecule has 7 N–H and O–H groups in total. The van der Waals surface area contributed by atoms with E-state index in [1.54, 1.807) is 0 Å². The zero-order chi connectivity index (χ0) is 26.3. The molecule has 4 rings (SSSR count). The lowest BCUT2D eigenvalue weighted by atomic mass is 9.99. The van der Waals surface area contributed by atoms with E-state index in [2.05, 4.69) is 0 Å². The Hall–Kier alpha value is -3.75. The molecule has 2 aromatic carbocycles. The molecular weight excluding hydrogens is 484 g/mol. The molecule has 1 aliphatic rings. The molecule has 36 heavy (non-hydrogen) atoms. The normalized spacial score (nSPS) is 24.0. The van der Waals surface area contributed by atoms with Crippen LogP contribution in [0.3, 0.4) is 0 Å². The summed E-state index contributed by atoms with van der Waals surface area (Å²) in [5, 5.41) is 69.7. The van der Waals surface area contributed by atoms with Gasteiger partial charge in [-0.25, -0.2) is 0 Å². The summed E-state index contributed by atoms with van der Waals surface area (Å²) in [6.07, 6.45) is -8.20. The van der Waals surface area contributed by atoms with Crippen molar-refractivity contribution in [3.63, 3.8) is 0 Å². The molecule has 3 aromatic rings. The van der Waals surface area contributed by atoms with Crippen molar-refractivity contribution < 1.29 is 59.1 Å². The zero-order valence-electron chi connectivity index (χ0n) is 19.0. The van der Waals surface area contributed by atoms with Crippen molar-refractivity contribution >= 4 is 11.0 Å². The van der Waals surface area contributed by atoms with Crippen LogP contribution < -0.4 is 19.6 Å². The van der Waals surface area contributed by atoms with Gasteiger partial charge in [-0.2, -0.15) is 0 Å². The number of aromatic hydroxyl groups is 3. The molecule has 1 aromatic heterocycles. The number of phenolic OH excluding ortho intramolecular Hbond substituents is 3. The first-order chi connectivity index (χ1) is 17.1. The first-order valence-corrected chi connectivity index (χ1v) is 10.6. The largest absolute Gasteiger partial charge is 0.504 e. The van der Waals surface area contributed by atoms with E-state index >= 15 is 0 Å². The average Bonchev–Trinajstić information content (AvgIpc) is 2.86. The predicted molar refractivity (Wildman–Crippen MR) is 120 cm³/mol. The number of methoxy groups -OCH3 is 2. The van der Waals surface area contributed by atoms with Crippen molar-refractivity contribution in [3.8, 4) is 45.8 Å². The molecule has 2 heterocycles. The van der Waals surface area contributed by atoms with Crippen LogP contribution in [0.15, 0.2) is 33.5 Å². The average molecular weight is 508 g/mol. The summed E-state index contributed by atoms with van der Waals surface area (Å²) in [6, 6.07) is 4.78. The lowest BCUT2D eigenvalue weighted by Crippen LogP contribution is -2.60. The SMILES string of the molecule is COc1c(O[C@@H]2O[C@H](CO)[C@@H](O)[C@H](O)[C@H]2O)c(O)c2c(=O)cc(-c3ccc(O)c(O)c3)oc2c1OC. The molecule has 0 bridgehead atoms. The summed E-state index contributed by atoms with van der Waals surface area (Å²) in [4.78, 5) is 13.0. The van der Waals surface area contributed by atoms with Gasteiger partial charge in [0.1, 0.15) is 35.6 Å². The van der Waals surface area contributed by atoms with Gasteiger partial charge in [0.15, 0.2) is 28.3 Å². The number of aliphatic hydroxyl groups is 4. The summed E-state index contributed by atoms with van der Waals surface area (Å²) < 4.78 is 27.4. The van der Waals surface area contributed by atoms with Gasteiger partial charge >= 0.3 is 0 Å². The van der Waals surface area contributed by atoms with Crippen LogP contribution in [0.4, 0.5) is 0 Å². The molecule has 0 unspecified atom stereocenters. The van der Waals surface area contributed by atoms with Gasteiger partial charge in [-0.1, -0.05) is 0 Å². The molecule has 0 spiro atoms. The lowest BCUT2D eigenvalue weighted by molar-refractivity contribution is -0.277. The second-order valence-corrected chi connectivity index (χ2v) is 7.94. The van der Waals surface area contributed by atoms with Gasteiger partial charge in [-0.3, -0.25) is 4.79 Å². The Morgan fingerprint density at radius 1 is 0.889 bits per heavy atom. The minimum Gasteiger partial charge on any atom is -0.504 e. The molecule has 1 aliphatic heterocycles. The molecule has 1 saturated heterocycles. The number of hydrogen-bond donors (Lipinski definition) is 7. The van der Waals surface area contributed by atoms with Crippen molar-refractivity contribution in [2.24, 2.45) is 0 Å². The van der Waals surface area contributed by atoms with E-state index in [-0.39, 0.29) is 39.5 Å². The first-order valence-electron chi connectivity index (χ1n) is 10.6. The standard InChI is InChI=1S/C23H24O13/c1-32-21-19-14(11(27)6-12(34-19)8-3-4-9(25)10(26)5-8)16(29)20(22(21)33-2)36-23-18(31)17(30)15(28)13(7-24)35-23/h3-6,13,15,17-18,23-26,28-31H,7H2,1-2H3/t13-,15-,17+,18-,23+/m1/s1. The van der Waals surface area contributed by atoms with Crippen LogP contribution in [0.2, 0.25) is 0 Å². The number of ether oxygens (including phenoxy) is 4. The fraction of sp³-hybridized carbons (Fsp3) is 0.348. The zero-order valence-corrected chi connectivity index (χ0v) is 19.0. The summed E-state index contributed by atoms with van der Waals surface area (Å²) in [7, 11) is 2.42. The molecule has 0 aliphatic carbocycles. The van der Waals surface area contributed by atoms with Gasteiger partial charge in [-0.05, 0) is 18.2 Å². The topological polar surface area (TPSA) is 209 Å². The highest BCUT2D eigenvalue weighted by atomic mass is 16.7. The van der Waals surface area contributed by atoms with E-state index in [4.69, 9.17) is 23.4 Å². The number of hydrogen-bond acceptors (Lipinski definition) is 13.